The number of unbranched alkanes of at least 4 members (excludes halogenated alkanes) is 47. The van der Waals surface area contributed by atoms with Crippen LogP contribution in [0.25, 0.3) is 0 Å². The summed E-state index contributed by atoms with van der Waals surface area (Å²) in [5.74, 6) is -6.09. The van der Waals surface area contributed by atoms with Crippen LogP contribution in [0.3, 0.4) is 0 Å². The third-order valence-electron chi connectivity index (χ3n) is 22.4. The van der Waals surface area contributed by atoms with E-state index in [0.29, 0.717) is 19.3 Å². The Morgan fingerprint density at radius 1 is 0.477 bits per heavy atom. The molecule has 0 aromatic heterocycles. The number of rotatable bonds is 71. The molecule has 23 heteroatoms. The minimum absolute atomic E-state index is 0.226. The van der Waals surface area contributed by atoms with Crippen molar-refractivity contribution >= 4 is 17.8 Å². The highest BCUT2D eigenvalue weighted by Crippen LogP contribution is 2.39. The third-order valence-corrected chi connectivity index (χ3v) is 22.4. The van der Waals surface area contributed by atoms with Gasteiger partial charge >= 0.3 is 5.97 Å². The summed E-state index contributed by atoms with van der Waals surface area (Å²) in [4.78, 5) is 38.8. The van der Waals surface area contributed by atoms with Gasteiger partial charge in [0, 0.05) is 19.8 Å². The molecule has 0 saturated carbocycles. The Morgan fingerprint density at radius 2 is 0.881 bits per heavy atom. The molecule has 18 unspecified atom stereocenters. The quantitative estimate of drug-likeness (QED) is 0.0199. The van der Waals surface area contributed by atoms with E-state index in [1.807, 2.05) is 0 Å². The summed E-state index contributed by atoms with van der Waals surface area (Å²) in [6, 6.07) is -2.53. The first kappa shape index (κ1) is 100. The number of allylic oxidation sites excluding steroid dienone is 4. The molecule has 109 heavy (non-hydrogen) atoms. The Bertz CT molecular complexity index is 2250. The smallest absolute Gasteiger partial charge is 0.364 e. The predicted molar refractivity (Wildman–Crippen MR) is 426 cm³/mol. The average molecular weight is 1560 g/mol. The molecule has 3 aliphatic rings. The van der Waals surface area contributed by atoms with Crippen molar-refractivity contribution in [3.8, 4) is 0 Å². The molecule has 14 N–H and O–H groups in total. The van der Waals surface area contributed by atoms with Gasteiger partial charge in [0.15, 0.2) is 12.6 Å². The zero-order valence-corrected chi connectivity index (χ0v) is 68.2. The van der Waals surface area contributed by atoms with Gasteiger partial charge in [-0.1, -0.05) is 327 Å². The maximum Gasteiger partial charge on any atom is 0.364 e. The molecule has 0 aromatic rings. The molecule has 0 radical (unpaired) electrons. The first-order valence-corrected chi connectivity index (χ1v) is 44.2. The lowest BCUT2D eigenvalue weighted by molar-refractivity contribution is -0.386. The molecule has 2 amide bonds. The van der Waals surface area contributed by atoms with Crippen molar-refractivity contribution in [2.24, 2.45) is 0 Å². The Morgan fingerprint density at radius 3 is 1.28 bits per heavy atom. The van der Waals surface area contributed by atoms with Crippen LogP contribution < -0.4 is 10.6 Å². The Balaban J connectivity index is 1.42. The molecule has 3 rings (SSSR count). The fraction of sp³-hybridized carbons (Fsp3) is 0.919. The standard InChI is InChI=1S/C86H160N2O21/c1-4-6-8-10-12-14-16-18-20-22-24-25-26-27-28-29-30-31-32-33-34-35-36-37-38-39-40-41-42-44-46-48-50-52-54-56-58-60-73(96)88-67(68(93)59-57-55-53-51-49-47-45-43-23-21-19-17-15-13-11-9-7-5-2)65-104-83-78(100)77(99)80(72(64-91)106-83)107-84-79(101)82(76(98)71(63-90)105-84)109-86(85(102)103)61-69(94)74(87-66(3)92)81(108-86)75(97)70(95)62-89/h28-29,31-32,67-72,74-84,89-91,93-95,97-101H,4-27,30,33-65H2,1-3H3,(H,87,92)(H,88,96)(H,102,103)/b29-28-,32-31-. The zero-order chi connectivity index (χ0) is 79.5. The van der Waals surface area contributed by atoms with Gasteiger partial charge in [0.25, 0.3) is 5.79 Å². The maximum absolute atomic E-state index is 13.6. The number of carbonyl (C=O) groups excluding carboxylic acids is 2. The summed E-state index contributed by atoms with van der Waals surface area (Å²) < 4.78 is 35.0. The molecule has 0 aliphatic carbocycles. The fourth-order valence-electron chi connectivity index (χ4n) is 15.5. The van der Waals surface area contributed by atoms with E-state index in [2.05, 4.69) is 48.8 Å². The van der Waals surface area contributed by atoms with Crippen LogP contribution in [0.1, 0.15) is 367 Å². The van der Waals surface area contributed by atoms with Gasteiger partial charge in [0.2, 0.25) is 11.8 Å². The summed E-state index contributed by atoms with van der Waals surface area (Å²) in [7, 11) is 0. The van der Waals surface area contributed by atoms with Crippen molar-refractivity contribution in [1.82, 2.24) is 10.6 Å². The van der Waals surface area contributed by atoms with E-state index in [1.54, 1.807) is 0 Å². The number of carboxylic acids is 1. The van der Waals surface area contributed by atoms with Crippen LogP contribution in [0.5, 0.6) is 0 Å². The topological polar surface area (TPSA) is 373 Å². The molecule has 0 aromatic carbocycles. The maximum atomic E-state index is 13.6. The van der Waals surface area contributed by atoms with Crippen LogP contribution in [-0.2, 0) is 42.8 Å². The van der Waals surface area contributed by atoms with Crippen LogP contribution in [-0.4, -0.2) is 215 Å². The summed E-state index contributed by atoms with van der Waals surface area (Å²) in [6.45, 7) is 2.26. The summed E-state index contributed by atoms with van der Waals surface area (Å²) in [5.41, 5.74) is 0. The van der Waals surface area contributed by atoms with Gasteiger partial charge in [-0.2, -0.15) is 0 Å². The van der Waals surface area contributed by atoms with Gasteiger partial charge < -0.3 is 100 Å². The van der Waals surface area contributed by atoms with E-state index in [9.17, 15) is 75.7 Å². The molecular weight excluding hydrogens is 1400 g/mol. The van der Waals surface area contributed by atoms with E-state index in [-0.39, 0.29) is 18.9 Å². The Hall–Kier alpha value is -2.79. The van der Waals surface area contributed by atoms with E-state index in [1.165, 1.54) is 257 Å². The highest BCUT2D eigenvalue weighted by molar-refractivity contribution is 5.77. The van der Waals surface area contributed by atoms with Crippen LogP contribution in [0.15, 0.2) is 24.3 Å². The predicted octanol–water partition coefficient (Wildman–Crippen LogP) is 13.5. The number of ether oxygens (including phenoxy) is 6. The molecule has 3 heterocycles. The molecule has 3 saturated heterocycles. The second kappa shape index (κ2) is 64.4. The fourth-order valence-corrected chi connectivity index (χ4v) is 15.5. The molecule has 18 atom stereocenters. The normalized spacial score (nSPS) is 25.8. The highest BCUT2D eigenvalue weighted by Gasteiger charge is 2.60. The number of hydrogen-bond donors (Lipinski definition) is 14. The number of aliphatic hydroxyl groups excluding tert-OH is 11. The lowest BCUT2D eigenvalue weighted by Crippen LogP contribution is -2.70. The van der Waals surface area contributed by atoms with Gasteiger partial charge in [0.05, 0.1) is 50.7 Å². The largest absolute Gasteiger partial charge is 0.477 e. The van der Waals surface area contributed by atoms with Crippen LogP contribution in [0, 0.1) is 0 Å². The summed E-state index contributed by atoms with van der Waals surface area (Å²) in [5, 5.41) is 137. The number of nitrogens with one attached hydrogen (secondary N) is 2. The molecule has 0 spiro atoms. The first-order chi connectivity index (χ1) is 52.9. The minimum Gasteiger partial charge on any atom is -0.477 e. The minimum atomic E-state index is -3.08. The van der Waals surface area contributed by atoms with Gasteiger partial charge in [-0.15, -0.1) is 0 Å². The highest BCUT2D eigenvalue weighted by atomic mass is 16.8. The monoisotopic (exact) mass is 1560 g/mol. The first-order valence-electron chi connectivity index (χ1n) is 44.2. The van der Waals surface area contributed by atoms with E-state index in [4.69, 9.17) is 28.4 Å². The van der Waals surface area contributed by atoms with E-state index >= 15 is 0 Å². The lowest BCUT2D eigenvalue weighted by atomic mass is 9.88. The third kappa shape index (κ3) is 43.7. The molecular formula is C86H160N2O21. The van der Waals surface area contributed by atoms with Crippen molar-refractivity contribution in [3.63, 3.8) is 0 Å². The summed E-state index contributed by atoms with van der Waals surface area (Å²) in [6.07, 6.45) is 44.8. The second-order valence-corrected chi connectivity index (χ2v) is 32.1. The number of carboxylic acid groups (broad SMARTS) is 1. The van der Waals surface area contributed by atoms with Crippen molar-refractivity contribution in [2.45, 2.75) is 477 Å². The van der Waals surface area contributed by atoms with E-state index < -0.39 is 148 Å². The number of aliphatic hydroxyl groups is 11. The van der Waals surface area contributed by atoms with Crippen LogP contribution >= 0.6 is 0 Å². The zero-order valence-electron chi connectivity index (χ0n) is 68.2. The molecule has 3 fully saturated rings. The SMILES string of the molecule is CCCCCCCCCCCCCCC/C=C\C/C=C\CCCCCCCCCCCCCCCCCCCC(=O)NC(COC1OC(CO)C(OC2OC(CO)C(O)C(OC3(C(=O)O)CC(O)C(NC(C)=O)C(C(O)C(O)CO)O3)C2O)C(O)C1O)C(O)CCCCCCCCCCCCCCCCCCCC. The Labute approximate surface area is 657 Å². The number of carbonyl (C=O) groups is 3. The second-order valence-electron chi connectivity index (χ2n) is 32.1. The van der Waals surface area contributed by atoms with Gasteiger partial charge in [-0.05, 0) is 44.9 Å². The van der Waals surface area contributed by atoms with Crippen molar-refractivity contribution in [3.05, 3.63) is 24.3 Å². The number of hydrogen-bond acceptors (Lipinski definition) is 20. The van der Waals surface area contributed by atoms with Crippen LogP contribution in [0.4, 0.5) is 0 Å². The van der Waals surface area contributed by atoms with Gasteiger partial charge in [-0.25, -0.2) is 4.79 Å². The van der Waals surface area contributed by atoms with Gasteiger partial charge in [0.1, 0.15) is 67.1 Å². The van der Waals surface area contributed by atoms with Crippen molar-refractivity contribution in [1.29, 1.82) is 0 Å². The van der Waals surface area contributed by atoms with Crippen LogP contribution in [0.2, 0.25) is 0 Å². The number of aliphatic carboxylic acids is 1. The average Bonchev–Trinajstić information content (AvgIpc) is 0.753. The lowest BCUT2D eigenvalue weighted by Gasteiger charge is -2.50. The summed E-state index contributed by atoms with van der Waals surface area (Å²) >= 11 is 0. The van der Waals surface area contributed by atoms with Gasteiger partial charge in [-0.3, -0.25) is 9.59 Å². The number of amides is 2. The molecule has 3 aliphatic heterocycles. The van der Waals surface area contributed by atoms with Crippen molar-refractivity contribution < 1.29 is 104 Å². The molecule has 23 nitrogen and oxygen atoms in total. The van der Waals surface area contributed by atoms with E-state index in [0.717, 1.165) is 64.7 Å². The Kier molecular flexibility index (Phi) is 59.3. The van der Waals surface area contributed by atoms with Crippen molar-refractivity contribution in [2.75, 3.05) is 26.4 Å². The molecule has 640 valence electrons. The molecule has 0 bridgehead atoms.